The molecule has 1 aromatic heterocycles. The van der Waals surface area contributed by atoms with Gasteiger partial charge in [0.05, 0.1) is 12.3 Å². The Kier molecular flexibility index (Phi) is 7.25. The van der Waals surface area contributed by atoms with Crippen molar-refractivity contribution >= 4 is 33.6 Å². The summed E-state index contributed by atoms with van der Waals surface area (Å²) in [5.41, 5.74) is 1.12. The van der Waals surface area contributed by atoms with Crippen LogP contribution in [0, 0.1) is 0 Å². The lowest BCUT2D eigenvalue weighted by atomic mass is 10.3. The van der Waals surface area contributed by atoms with Crippen molar-refractivity contribution in [3.8, 4) is 5.75 Å². The van der Waals surface area contributed by atoms with Crippen molar-refractivity contribution in [2.75, 3.05) is 18.9 Å². The number of thioether (sulfide) groups is 1. The van der Waals surface area contributed by atoms with Gasteiger partial charge in [-0.2, -0.15) is 0 Å². The highest BCUT2D eigenvalue weighted by atomic mass is 79.9. The number of halogens is 1. The number of carbonyl (C=O) groups excluding carboxylic acids is 1. The van der Waals surface area contributed by atoms with Gasteiger partial charge in [0.25, 0.3) is 0 Å². The average molecular weight is 381 g/mol. The first kappa shape index (κ1) is 16.8. The number of ether oxygens (including phenoxy) is 1. The Labute approximate surface area is 142 Å². The second-order valence-corrected chi connectivity index (χ2v) is 6.41. The van der Waals surface area contributed by atoms with Crippen LogP contribution in [0.4, 0.5) is 0 Å². The van der Waals surface area contributed by atoms with Gasteiger partial charge >= 0.3 is 0 Å². The Morgan fingerprint density at radius 2 is 2.09 bits per heavy atom. The van der Waals surface area contributed by atoms with Gasteiger partial charge in [-0.1, -0.05) is 22.0 Å². The molecule has 1 aromatic carbocycles. The van der Waals surface area contributed by atoms with Crippen LogP contribution in [-0.4, -0.2) is 29.8 Å². The molecule has 0 aliphatic carbocycles. The third-order valence-corrected chi connectivity index (χ3v) is 4.26. The summed E-state index contributed by atoms with van der Waals surface area (Å²) in [6.45, 7) is 0.961. The highest BCUT2D eigenvalue weighted by Gasteiger charge is 2.02. The smallest absolute Gasteiger partial charge is 0.230 e. The molecule has 0 saturated heterocycles. The van der Waals surface area contributed by atoms with Gasteiger partial charge in [-0.05, 0) is 35.9 Å². The zero-order valence-corrected chi connectivity index (χ0v) is 14.4. The summed E-state index contributed by atoms with van der Waals surface area (Å²) >= 11 is 4.94. The number of carbonyl (C=O) groups is 1. The lowest BCUT2D eigenvalue weighted by Crippen LogP contribution is -2.29. The molecule has 116 valence electrons. The van der Waals surface area contributed by atoms with Crippen LogP contribution < -0.4 is 10.1 Å². The second-order valence-electron chi connectivity index (χ2n) is 4.51. The van der Waals surface area contributed by atoms with Crippen LogP contribution in [0.2, 0.25) is 0 Å². The highest BCUT2D eigenvalue weighted by Crippen LogP contribution is 2.15. The van der Waals surface area contributed by atoms with E-state index in [2.05, 4.69) is 26.2 Å². The molecular weight excluding hydrogens is 364 g/mol. The molecule has 0 aliphatic rings. The van der Waals surface area contributed by atoms with Crippen molar-refractivity contribution in [1.29, 1.82) is 0 Å². The maximum absolute atomic E-state index is 11.7. The minimum Gasteiger partial charge on any atom is -0.492 e. The van der Waals surface area contributed by atoms with E-state index in [0.29, 0.717) is 18.9 Å². The minimum atomic E-state index is 0.0216. The molecule has 4 nitrogen and oxygen atoms in total. The van der Waals surface area contributed by atoms with Gasteiger partial charge in [-0.3, -0.25) is 9.78 Å². The van der Waals surface area contributed by atoms with Gasteiger partial charge in [-0.15, -0.1) is 11.8 Å². The fourth-order valence-corrected chi connectivity index (χ4v) is 2.75. The molecule has 1 heterocycles. The average Bonchev–Trinajstić information content (AvgIpc) is 2.54. The van der Waals surface area contributed by atoms with Crippen LogP contribution in [0.25, 0.3) is 0 Å². The van der Waals surface area contributed by atoms with E-state index in [1.54, 1.807) is 18.0 Å². The van der Waals surface area contributed by atoms with Gasteiger partial charge in [0, 0.05) is 22.6 Å². The number of nitrogens with zero attached hydrogens (tertiary/aromatic N) is 1. The Morgan fingerprint density at radius 1 is 1.27 bits per heavy atom. The van der Waals surface area contributed by atoms with Gasteiger partial charge in [0.2, 0.25) is 5.91 Å². The first-order valence-electron chi connectivity index (χ1n) is 6.86. The Balaban J connectivity index is 1.55. The molecule has 0 atom stereocenters. The molecule has 1 N–H and O–H groups in total. The van der Waals surface area contributed by atoms with Crippen LogP contribution in [-0.2, 0) is 10.5 Å². The van der Waals surface area contributed by atoms with Crippen molar-refractivity contribution < 1.29 is 9.53 Å². The number of hydrogen-bond donors (Lipinski definition) is 1. The summed E-state index contributed by atoms with van der Waals surface area (Å²) in [5, 5.41) is 2.84. The SMILES string of the molecule is O=C(CSCc1cccnc1)NCCOc1ccc(Br)cc1. The zero-order chi connectivity index (χ0) is 15.6. The lowest BCUT2D eigenvalue weighted by molar-refractivity contribution is -0.118. The van der Waals surface area contributed by atoms with Crippen LogP contribution >= 0.6 is 27.7 Å². The highest BCUT2D eigenvalue weighted by molar-refractivity contribution is 9.10. The number of aromatic nitrogens is 1. The van der Waals surface area contributed by atoms with E-state index in [0.717, 1.165) is 21.5 Å². The Hall–Kier alpha value is -1.53. The maximum atomic E-state index is 11.7. The van der Waals surface area contributed by atoms with E-state index in [-0.39, 0.29) is 5.91 Å². The summed E-state index contributed by atoms with van der Waals surface area (Å²) in [6, 6.07) is 11.5. The first-order valence-corrected chi connectivity index (χ1v) is 8.80. The number of nitrogens with one attached hydrogen (secondary N) is 1. The number of benzene rings is 1. The maximum Gasteiger partial charge on any atom is 0.230 e. The molecule has 1 amide bonds. The predicted octanol–water partition coefficient (Wildman–Crippen LogP) is 3.27. The van der Waals surface area contributed by atoms with Crippen LogP contribution in [0.5, 0.6) is 5.75 Å². The molecule has 0 unspecified atom stereocenters. The zero-order valence-electron chi connectivity index (χ0n) is 12.0. The van der Waals surface area contributed by atoms with Gasteiger partial charge < -0.3 is 10.1 Å². The van der Waals surface area contributed by atoms with E-state index in [1.807, 2.05) is 42.6 Å². The van der Waals surface area contributed by atoms with Crippen molar-refractivity contribution in [3.05, 3.63) is 58.8 Å². The molecule has 0 spiro atoms. The van der Waals surface area contributed by atoms with E-state index in [9.17, 15) is 4.79 Å². The van der Waals surface area contributed by atoms with E-state index in [4.69, 9.17) is 4.74 Å². The molecule has 2 aromatic rings. The van der Waals surface area contributed by atoms with Crippen LogP contribution in [0.3, 0.4) is 0 Å². The molecule has 2 rings (SSSR count). The fourth-order valence-electron chi connectivity index (χ4n) is 1.69. The van der Waals surface area contributed by atoms with Gasteiger partial charge in [0.15, 0.2) is 0 Å². The fraction of sp³-hybridized carbons (Fsp3) is 0.250. The molecule has 0 radical (unpaired) electrons. The monoisotopic (exact) mass is 380 g/mol. The van der Waals surface area contributed by atoms with E-state index < -0.39 is 0 Å². The van der Waals surface area contributed by atoms with Gasteiger partial charge in [0.1, 0.15) is 12.4 Å². The summed E-state index contributed by atoms with van der Waals surface area (Å²) in [4.78, 5) is 15.7. The minimum absolute atomic E-state index is 0.0216. The lowest BCUT2D eigenvalue weighted by Gasteiger charge is -2.08. The molecule has 22 heavy (non-hydrogen) atoms. The van der Waals surface area contributed by atoms with Crippen LogP contribution in [0.1, 0.15) is 5.56 Å². The topological polar surface area (TPSA) is 51.2 Å². The van der Waals surface area contributed by atoms with E-state index >= 15 is 0 Å². The Morgan fingerprint density at radius 3 is 2.82 bits per heavy atom. The van der Waals surface area contributed by atoms with Crippen LogP contribution in [0.15, 0.2) is 53.3 Å². The quantitative estimate of drug-likeness (QED) is 0.714. The molecule has 0 saturated carbocycles. The summed E-state index contributed by atoms with van der Waals surface area (Å²) < 4.78 is 6.55. The summed E-state index contributed by atoms with van der Waals surface area (Å²) in [6.07, 6.45) is 3.56. The molecule has 0 bridgehead atoms. The van der Waals surface area contributed by atoms with Crippen molar-refractivity contribution in [3.63, 3.8) is 0 Å². The predicted molar refractivity (Wildman–Crippen MR) is 93.0 cm³/mol. The number of amides is 1. The normalized spacial score (nSPS) is 10.2. The second kappa shape index (κ2) is 9.48. The van der Waals surface area contributed by atoms with E-state index in [1.165, 1.54) is 0 Å². The van der Waals surface area contributed by atoms with Crippen molar-refractivity contribution in [2.24, 2.45) is 0 Å². The third-order valence-electron chi connectivity index (χ3n) is 2.73. The molecule has 6 heteroatoms. The summed E-state index contributed by atoms with van der Waals surface area (Å²) in [7, 11) is 0. The number of rotatable bonds is 8. The van der Waals surface area contributed by atoms with Crippen molar-refractivity contribution in [2.45, 2.75) is 5.75 Å². The number of pyridine rings is 1. The molecular formula is C16H17BrN2O2S. The summed E-state index contributed by atoms with van der Waals surface area (Å²) in [5.74, 6) is 2.04. The largest absolute Gasteiger partial charge is 0.492 e. The number of hydrogen-bond acceptors (Lipinski definition) is 4. The molecule has 0 aliphatic heterocycles. The standard InChI is InChI=1S/C16H17BrN2O2S/c17-14-3-5-15(6-4-14)21-9-8-19-16(20)12-22-11-13-2-1-7-18-10-13/h1-7,10H,8-9,11-12H2,(H,19,20). The van der Waals surface area contributed by atoms with Gasteiger partial charge in [-0.25, -0.2) is 0 Å². The van der Waals surface area contributed by atoms with Crippen molar-refractivity contribution in [1.82, 2.24) is 10.3 Å². The first-order chi connectivity index (χ1) is 10.7. The molecule has 0 fully saturated rings. The third kappa shape index (κ3) is 6.49. The Bertz CT molecular complexity index is 578.